The molecule has 0 fully saturated rings. The Morgan fingerprint density at radius 1 is 1.16 bits per heavy atom. The summed E-state index contributed by atoms with van der Waals surface area (Å²) in [6.45, 7) is 1.63. The zero-order valence-electron chi connectivity index (χ0n) is 9.93. The Hall–Kier alpha value is -2.94. The van der Waals surface area contributed by atoms with E-state index in [1.54, 1.807) is 13.0 Å². The monoisotopic (exact) mass is 258 g/mol. The van der Waals surface area contributed by atoms with Crippen LogP contribution in [0.25, 0.3) is 11.1 Å². The highest BCUT2D eigenvalue weighted by atomic mass is 16.3. The Labute approximate surface area is 107 Å². The third-order valence-electron chi connectivity index (χ3n) is 2.70. The van der Waals surface area contributed by atoms with Crippen LogP contribution in [-0.2, 0) is 0 Å². The van der Waals surface area contributed by atoms with Gasteiger partial charge in [-0.15, -0.1) is 0 Å². The molecular weight excluding hydrogens is 248 g/mol. The number of phenols is 3. The van der Waals surface area contributed by atoms with Gasteiger partial charge in [0.15, 0.2) is 11.5 Å². The molecule has 0 aliphatic carbocycles. The molecule has 6 nitrogen and oxygen atoms in total. The summed E-state index contributed by atoms with van der Waals surface area (Å²) in [5, 5.41) is 37.6. The highest BCUT2D eigenvalue weighted by Gasteiger charge is 2.17. The summed E-state index contributed by atoms with van der Waals surface area (Å²) >= 11 is 0. The molecule has 0 amide bonds. The van der Waals surface area contributed by atoms with Crippen LogP contribution in [0.1, 0.15) is 11.3 Å². The van der Waals surface area contributed by atoms with Crippen molar-refractivity contribution in [2.75, 3.05) is 0 Å². The molecule has 96 valence electrons. The fraction of sp³-hybridized carbons (Fsp3) is 0.0769. The number of pyridine rings is 1. The van der Waals surface area contributed by atoms with Gasteiger partial charge in [-0.3, -0.25) is 4.79 Å². The molecule has 0 radical (unpaired) electrons. The van der Waals surface area contributed by atoms with Crippen molar-refractivity contribution in [1.29, 1.82) is 5.26 Å². The van der Waals surface area contributed by atoms with Crippen molar-refractivity contribution < 1.29 is 15.3 Å². The summed E-state index contributed by atoms with van der Waals surface area (Å²) in [5.74, 6) is -1.76. The van der Waals surface area contributed by atoms with Crippen LogP contribution in [0.3, 0.4) is 0 Å². The minimum absolute atomic E-state index is 0.0982. The number of benzene rings is 1. The summed E-state index contributed by atoms with van der Waals surface area (Å²) in [5.41, 5.74) is 0.0408. The average molecular weight is 258 g/mol. The number of hydrogen-bond acceptors (Lipinski definition) is 5. The van der Waals surface area contributed by atoms with Crippen molar-refractivity contribution in [3.05, 3.63) is 39.8 Å². The molecule has 1 heterocycles. The average Bonchev–Trinajstić information content (AvgIpc) is 2.35. The number of rotatable bonds is 1. The summed E-state index contributed by atoms with van der Waals surface area (Å²) in [6, 6.07) is 5.74. The third-order valence-corrected chi connectivity index (χ3v) is 2.70. The second kappa shape index (κ2) is 4.38. The van der Waals surface area contributed by atoms with E-state index in [4.69, 9.17) is 5.26 Å². The van der Waals surface area contributed by atoms with Gasteiger partial charge in [0.1, 0.15) is 11.6 Å². The molecule has 0 unspecified atom stereocenters. The maximum absolute atomic E-state index is 11.7. The Morgan fingerprint density at radius 3 is 2.47 bits per heavy atom. The van der Waals surface area contributed by atoms with Crippen LogP contribution in [0.15, 0.2) is 23.0 Å². The van der Waals surface area contributed by atoms with E-state index in [0.29, 0.717) is 5.69 Å². The van der Waals surface area contributed by atoms with Gasteiger partial charge in [-0.1, -0.05) is 0 Å². The first-order chi connectivity index (χ1) is 8.95. The lowest BCUT2D eigenvalue weighted by atomic mass is 9.99. The number of aromatic amines is 1. The Bertz CT molecular complexity index is 756. The van der Waals surface area contributed by atoms with Crippen LogP contribution in [-0.4, -0.2) is 20.3 Å². The van der Waals surface area contributed by atoms with Gasteiger partial charge in [0.2, 0.25) is 5.75 Å². The lowest BCUT2D eigenvalue weighted by molar-refractivity contribution is 0.369. The van der Waals surface area contributed by atoms with E-state index in [0.717, 1.165) is 0 Å². The third kappa shape index (κ3) is 1.98. The van der Waals surface area contributed by atoms with Gasteiger partial charge in [-0.2, -0.15) is 5.26 Å². The summed E-state index contributed by atoms with van der Waals surface area (Å²) in [7, 11) is 0. The molecule has 1 aromatic carbocycles. The predicted octanol–water partition coefficient (Wildman–Crippen LogP) is 1.34. The molecule has 2 aromatic rings. The molecule has 0 aliphatic heterocycles. The van der Waals surface area contributed by atoms with Crippen LogP contribution in [0, 0.1) is 18.3 Å². The van der Waals surface area contributed by atoms with Crippen LogP contribution in [0.2, 0.25) is 0 Å². The zero-order chi connectivity index (χ0) is 14.2. The Morgan fingerprint density at radius 2 is 1.84 bits per heavy atom. The zero-order valence-corrected chi connectivity index (χ0v) is 9.93. The number of phenolic OH excluding ortho intramolecular Hbond substituents is 3. The molecule has 1 aromatic heterocycles. The minimum atomic E-state index is -0.695. The summed E-state index contributed by atoms with van der Waals surface area (Å²) < 4.78 is 0. The predicted molar refractivity (Wildman–Crippen MR) is 66.9 cm³/mol. The van der Waals surface area contributed by atoms with Gasteiger partial charge >= 0.3 is 0 Å². The highest BCUT2D eigenvalue weighted by Crippen LogP contribution is 2.42. The van der Waals surface area contributed by atoms with E-state index in [1.807, 2.05) is 0 Å². The second-order valence-electron chi connectivity index (χ2n) is 4.01. The standard InChI is InChI=1S/C13H10N2O4/c1-6-4-8(9(5-14)13(19)15-6)7-2-3-10(16)12(18)11(7)17/h2-4,16-18H,1H3,(H,15,19). The van der Waals surface area contributed by atoms with E-state index in [2.05, 4.69) is 4.98 Å². The SMILES string of the molecule is Cc1cc(-c2ccc(O)c(O)c2O)c(C#N)c(=O)[nH]1. The van der Waals surface area contributed by atoms with E-state index in [1.165, 1.54) is 18.2 Å². The first-order valence-corrected chi connectivity index (χ1v) is 5.34. The number of hydrogen-bond donors (Lipinski definition) is 4. The van der Waals surface area contributed by atoms with E-state index in [9.17, 15) is 20.1 Å². The number of aromatic hydroxyl groups is 3. The molecule has 19 heavy (non-hydrogen) atoms. The summed E-state index contributed by atoms with van der Waals surface area (Å²) in [4.78, 5) is 14.1. The summed E-state index contributed by atoms with van der Waals surface area (Å²) in [6.07, 6.45) is 0. The van der Waals surface area contributed by atoms with Crippen LogP contribution in [0.4, 0.5) is 0 Å². The molecule has 0 saturated heterocycles. The minimum Gasteiger partial charge on any atom is -0.504 e. The first kappa shape index (κ1) is 12.5. The number of nitrogens with one attached hydrogen (secondary N) is 1. The fourth-order valence-corrected chi connectivity index (χ4v) is 1.80. The lowest BCUT2D eigenvalue weighted by Gasteiger charge is -2.09. The molecule has 0 aliphatic rings. The first-order valence-electron chi connectivity index (χ1n) is 5.34. The highest BCUT2D eigenvalue weighted by molar-refractivity contribution is 5.79. The number of H-pyrrole nitrogens is 1. The number of nitriles is 1. The molecule has 0 atom stereocenters. The number of aromatic nitrogens is 1. The van der Waals surface area contributed by atoms with Crippen LogP contribution < -0.4 is 5.56 Å². The van der Waals surface area contributed by atoms with Gasteiger partial charge < -0.3 is 20.3 Å². The Balaban J connectivity index is 2.84. The number of aryl methyl sites for hydroxylation is 1. The van der Waals surface area contributed by atoms with Gasteiger partial charge in [0.05, 0.1) is 0 Å². The van der Waals surface area contributed by atoms with Crippen molar-refractivity contribution in [2.45, 2.75) is 6.92 Å². The van der Waals surface area contributed by atoms with Gasteiger partial charge in [0, 0.05) is 16.8 Å². The maximum Gasteiger partial charge on any atom is 0.266 e. The normalized spacial score (nSPS) is 10.1. The van der Waals surface area contributed by atoms with Gasteiger partial charge in [0.25, 0.3) is 5.56 Å². The van der Waals surface area contributed by atoms with Gasteiger partial charge in [-0.25, -0.2) is 0 Å². The topological polar surface area (TPSA) is 117 Å². The number of nitrogens with zero attached hydrogens (tertiary/aromatic N) is 1. The van der Waals surface area contributed by atoms with Crippen molar-refractivity contribution in [2.24, 2.45) is 0 Å². The molecule has 6 heteroatoms. The molecule has 4 N–H and O–H groups in total. The van der Waals surface area contributed by atoms with E-state index in [-0.39, 0.29) is 16.7 Å². The van der Waals surface area contributed by atoms with Crippen LogP contribution >= 0.6 is 0 Å². The lowest BCUT2D eigenvalue weighted by Crippen LogP contribution is -2.12. The van der Waals surface area contributed by atoms with Crippen LogP contribution in [0.5, 0.6) is 17.2 Å². The van der Waals surface area contributed by atoms with Crippen molar-refractivity contribution in [3.63, 3.8) is 0 Å². The second-order valence-corrected chi connectivity index (χ2v) is 4.01. The van der Waals surface area contributed by atoms with E-state index < -0.39 is 22.8 Å². The molecule has 0 bridgehead atoms. The Kier molecular flexibility index (Phi) is 2.89. The quantitative estimate of drug-likeness (QED) is 0.576. The maximum atomic E-state index is 11.7. The fourth-order valence-electron chi connectivity index (χ4n) is 1.80. The molecule has 0 spiro atoms. The van der Waals surface area contributed by atoms with Crippen molar-refractivity contribution in [3.8, 4) is 34.4 Å². The van der Waals surface area contributed by atoms with Crippen molar-refractivity contribution in [1.82, 2.24) is 4.98 Å². The smallest absolute Gasteiger partial charge is 0.266 e. The largest absolute Gasteiger partial charge is 0.504 e. The molecular formula is C13H10N2O4. The van der Waals surface area contributed by atoms with Gasteiger partial charge in [-0.05, 0) is 25.1 Å². The van der Waals surface area contributed by atoms with Crippen molar-refractivity contribution >= 4 is 0 Å². The molecule has 0 saturated carbocycles. The molecule has 2 rings (SSSR count). The van der Waals surface area contributed by atoms with E-state index >= 15 is 0 Å².